The summed E-state index contributed by atoms with van der Waals surface area (Å²) in [5.41, 5.74) is 0. The molecule has 0 aliphatic carbocycles. The quantitative estimate of drug-likeness (QED) is 0.778. The van der Waals surface area contributed by atoms with E-state index in [0.29, 0.717) is 5.92 Å². The van der Waals surface area contributed by atoms with Crippen LogP contribution < -0.4 is 9.80 Å². The topological polar surface area (TPSA) is 53.3 Å². The van der Waals surface area contributed by atoms with Crippen molar-refractivity contribution < 1.29 is 0 Å². The molecule has 0 N–H and O–H groups in total. The van der Waals surface area contributed by atoms with Gasteiger partial charge in [0, 0.05) is 70.0 Å². The lowest BCUT2D eigenvalue weighted by Gasteiger charge is -2.35. The van der Waals surface area contributed by atoms with Crippen molar-refractivity contribution in [3.8, 4) is 0 Å². The standard InChI is InChI=1S/C20H31N7/c1-24(2)14-15-26-13-9-23-18(26)17-6-5-12-27(16-17)20-19(21-7-8-22-20)25-10-3-4-11-25/h7-9,13,17H,3-6,10-12,14-16H2,1-2H3. The molecule has 4 heterocycles. The smallest absolute Gasteiger partial charge is 0.172 e. The van der Waals surface area contributed by atoms with E-state index in [4.69, 9.17) is 9.97 Å². The van der Waals surface area contributed by atoms with E-state index in [1.165, 1.54) is 31.5 Å². The summed E-state index contributed by atoms with van der Waals surface area (Å²) in [4.78, 5) is 21.2. The van der Waals surface area contributed by atoms with E-state index in [-0.39, 0.29) is 0 Å². The molecule has 0 bridgehead atoms. The summed E-state index contributed by atoms with van der Waals surface area (Å²) >= 11 is 0. The summed E-state index contributed by atoms with van der Waals surface area (Å²) in [5, 5.41) is 0. The number of likely N-dealkylation sites (N-methyl/N-ethyl adjacent to an activating group) is 1. The van der Waals surface area contributed by atoms with Crippen LogP contribution in [0, 0.1) is 0 Å². The number of anilines is 2. The number of hydrogen-bond donors (Lipinski definition) is 0. The molecule has 0 aromatic carbocycles. The summed E-state index contributed by atoms with van der Waals surface area (Å²) in [6, 6.07) is 0. The monoisotopic (exact) mass is 369 g/mol. The largest absolute Gasteiger partial charge is 0.354 e. The molecule has 0 radical (unpaired) electrons. The van der Waals surface area contributed by atoms with Crippen molar-refractivity contribution in [3.63, 3.8) is 0 Å². The van der Waals surface area contributed by atoms with Gasteiger partial charge in [-0.25, -0.2) is 15.0 Å². The van der Waals surface area contributed by atoms with E-state index in [9.17, 15) is 0 Å². The van der Waals surface area contributed by atoms with Crippen LogP contribution in [0.25, 0.3) is 0 Å². The summed E-state index contributed by atoms with van der Waals surface area (Å²) < 4.78 is 2.33. The molecule has 0 amide bonds. The first-order chi connectivity index (χ1) is 13.2. The average Bonchev–Trinajstić information content (AvgIpc) is 3.38. The predicted molar refractivity (Wildman–Crippen MR) is 108 cm³/mol. The molecule has 1 atom stereocenters. The average molecular weight is 370 g/mol. The molecular weight excluding hydrogens is 338 g/mol. The lowest BCUT2D eigenvalue weighted by atomic mass is 9.97. The second-order valence-corrected chi connectivity index (χ2v) is 7.96. The molecule has 0 saturated carbocycles. The summed E-state index contributed by atoms with van der Waals surface area (Å²) in [7, 11) is 4.24. The Balaban J connectivity index is 1.52. The van der Waals surface area contributed by atoms with Crippen molar-refractivity contribution in [1.82, 2.24) is 24.4 Å². The van der Waals surface area contributed by atoms with Crippen LogP contribution in [0.3, 0.4) is 0 Å². The zero-order valence-electron chi connectivity index (χ0n) is 16.6. The van der Waals surface area contributed by atoms with Gasteiger partial charge in [0.2, 0.25) is 0 Å². The third-order valence-corrected chi connectivity index (χ3v) is 5.69. The Morgan fingerprint density at radius 2 is 1.63 bits per heavy atom. The number of rotatable bonds is 6. The maximum Gasteiger partial charge on any atom is 0.172 e. The van der Waals surface area contributed by atoms with Gasteiger partial charge in [0.15, 0.2) is 11.6 Å². The minimum Gasteiger partial charge on any atom is -0.354 e. The zero-order chi connectivity index (χ0) is 18.6. The highest BCUT2D eigenvalue weighted by Gasteiger charge is 2.28. The Bertz CT molecular complexity index is 735. The Hall–Kier alpha value is -2.15. The van der Waals surface area contributed by atoms with Crippen LogP contribution in [0.2, 0.25) is 0 Å². The van der Waals surface area contributed by atoms with Crippen LogP contribution in [0.1, 0.15) is 37.4 Å². The van der Waals surface area contributed by atoms with Gasteiger partial charge < -0.3 is 19.3 Å². The molecule has 2 fully saturated rings. The molecule has 2 aromatic rings. The summed E-state index contributed by atoms with van der Waals surface area (Å²) in [5.74, 6) is 3.78. The minimum absolute atomic E-state index is 0.448. The van der Waals surface area contributed by atoms with Crippen molar-refractivity contribution in [2.45, 2.75) is 38.1 Å². The molecule has 0 spiro atoms. The molecule has 2 saturated heterocycles. The molecule has 2 aromatic heterocycles. The number of imidazole rings is 1. The highest BCUT2D eigenvalue weighted by atomic mass is 15.3. The Morgan fingerprint density at radius 3 is 2.37 bits per heavy atom. The normalized spacial score (nSPS) is 20.6. The van der Waals surface area contributed by atoms with Crippen molar-refractivity contribution in [1.29, 1.82) is 0 Å². The van der Waals surface area contributed by atoms with Gasteiger partial charge in [-0.1, -0.05) is 0 Å². The number of aromatic nitrogens is 4. The van der Waals surface area contributed by atoms with Gasteiger partial charge in [-0.2, -0.15) is 0 Å². The fourth-order valence-corrected chi connectivity index (χ4v) is 4.26. The number of hydrogen-bond acceptors (Lipinski definition) is 6. The predicted octanol–water partition coefficient (Wildman–Crippen LogP) is 2.22. The first-order valence-electron chi connectivity index (χ1n) is 10.2. The minimum atomic E-state index is 0.448. The van der Waals surface area contributed by atoms with Gasteiger partial charge in [0.25, 0.3) is 0 Å². The lowest BCUT2D eigenvalue weighted by molar-refractivity contribution is 0.373. The zero-order valence-corrected chi connectivity index (χ0v) is 16.6. The van der Waals surface area contributed by atoms with E-state index >= 15 is 0 Å². The maximum absolute atomic E-state index is 4.73. The van der Waals surface area contributed by atoms with E-state index in [2.05, 4.69) is 44.5 Å². The van der Waals surface area contributed by atoms with Crippen molar-refractivity contribution >= 4 is 11.6 Å². The van der Waals surface area contributed by atoms with Gasteiger partial charge in [0.1, 0.15) is 5.82 Å². The molecule has 1 unspecified atom stereocenters. The molecule has 2 aliphatic rings. The highest BCUT2D eigenvalue weighted by Crippen LogP contribution is 2.33. The summed E-state index contributed by atoms with van der Waals surface area (Å²) in [6.07, 6.45) is 12.6. The number of nitrogens with zero attached hydrogens (tertiary/aromatic N) is 7. The Morgan fingerprint density at radius 1 is 0.926 bits per heavy atom. The van der Waals surface area contributed by atoms with Gasteiger partial charge in [-0.15, -0.1) is 0 Å². The summed E-state index contributed by atoms with van der Waals surface area (Å²) in [6.45, 7) is 6.23. The van der Waals surface area contributed by atoms with Crippen LogP contribution >= 0.6 is 0 Å². The highest BCUT2D eigenvalue weighted by molar-refractivity contribution is 5.63. The van der Waals surface area contributed by atoms with Crippen molar-refractivity contribution in [2.24, 2.45) is 0 Å². The first kappa shape index (κ1) is 18.2. The van der Waals surface area contributed by atoms with E-state index in [0.717, 1.165) is 50.9 Å². The molecular formula is C20H31N7. The first-order valence-corrected chi connectivity index (χ1v) is 10.2. The molecule has 146 valence electrons. The van der Waals surface area contributed by atoms with Crippen molar-refractivity contribution in [2.75, 3.05) is 56.6 Å². The molecule has 7 nitrogen and oxygen atoms in total. The molecule has 4 rings (SSSR count). The van der Waals surface area contributed by atoms with Gasteiger partial charge in [-0.05, 0) is 39.8 Å². The third-order valence-electron chi connectivity index (χ3n) is 5.69. The van der Waals surface area contributed by atoms with Gasteiger partial charge in [0.05, 0.1) is 0 Å². The SMILES string of the molecule is CN(C)CCn1ccnc1C1CCCN(c2nccnc2N2CCCC2)C1. The van der Waals surface area contributed by atoms with Crippen LogP contribution in [-0.2, 0) is 6.54 Å². The van der Waals surface area contributed by atoms with Gasteiger partial charge >= 0.3 is 0 Å². The second-order valence-electron chi connectivity index (χ2n) is 7.96. The Kier molecular flexibility index (Phi) is 5.57. The number of piperidine rings is 1. The van der Waals surface area contributed by atoms with E-state index < -0.39 is 0 Å². The lowest BCUT2D eigenvalue weighted by Crippen LogP contribution is -2.37. The maximum atomic E-state index is 4.73. The van der Waals surface area contributed by atoms with Crippen LogP contribution in [0.5, 0.6) is 0 Å². The van der Waals surface area contributed by atoms with E-state index in [1.807, 2.05) is 18.6 Å². The fraction of sp³-hybridized carbons (Fsp3) is 0.650. The van der Waals surface area contributed by atoms with Gasteiger partial charge in [-0.3, -0.25) is 0 Å². The molecule has 7 heteroatoms. The third kappa shape index (κ3) is 4.08. The van der Waals surface area contributed by atoms with E-state index in [1.54, 1.807) is 0 Å². The van der Waals surface area contributed by atoms with Crippen LogP contribution in [-0.4, -0.2) is 71.2 Å². The second kappa shape index (κ2) is 8.25. The Labute approximate surface area is 162 Å². The van der Waals surface area contributed by atoms with Crippen LogP contribution in [0.15, 0.2) is 24.8 Å². The molecule has 27 heavy (non-hydrogen) atoms. The van der Waals surface area contributed by atoms with Crippen LogP contribution in [0.4, 0.5) is 11.6 Å². The molecule has 2 aliphatic heterocycles. The van der Waals surface area contributed by atoms with Crippen molar-refractivity contribution in [3.05, 3.63) is 30.6 Å². The fourth-order valence-electron chi connectivity index (χ4n) is 4.26.